The van der Waals surface area contributed by atoms with E-state index in [1.165, 1.54) is 117 Å². The van der Waals surface area contributed by atoms with Gasteiger partial charge in [-0.05, 0) is 154 Å². The summed E-state index contributed by atoms with van der Waals surface area (Å²) >= 11 is 0. The molecule has 4 atom stereocenters. The third-order valence-corrected chi connectivity index (χ3v) is 13.6. The molecule has 0 amide bonds. The lowest BCUT2D eigenvalue weighted by Crippen LogP contribution is -2.12. The van der Waals surface area contributed by atoms with E-state index < -0.39 is 0 Å². The first kappa shape index (κ1) is 44.4. The van der Waals surface area contributed by atoms with E-state index in [9.17, 15) is 0 Å². The lowest BCUT2D eigenvalue weighted by Gasteiger charge is -2.24. The number of benzene rings is 6. The molecule has 0 saturated heterocycles. The van der Waals surface area contributed by atoms with Crippen molar-refractivity contribution in [2.75, 3.05) is 0 Å². The van der Waals surface area contributed by atoms with Gasteiger partial charge in [0.15, 0.2) is 0 Å². The number of aryl methyl sites for hydroxylation is 2. The van der Waals surface area contributed by atoms with Crippen LogP contribution in [0.5, 0.6) is 0 Å². The third-order valence-electron chi connectivity index (χ3n) is 13.6. The summed E-state index contributed by atoms with van der Waals surface area (Å²) in [6.45, 7) is 18.3. The first-order valence-electron chi connectivity index (χ1n) is 22.9. The van der Waals surface area contributed by atoms with Gasteiger partial charge in [0.2, 0.25) is 0 Å². The zero-order valence-electron chi connectivity index (χ0n) is 38.0. The molecule has 6 aromatic carbocycles. The first-order chi connectivity index (χ1) is 29.1. The molecular formula is C60H70. The average Bonchev–Trinajstić information content (AvgIpc) is 3.29. The quantitative estimate of drug-likeness (QED) is 0.163. The Labute approximate surface area is 363 Å². The van der Waals surface area contributed by atoms with E-state index in [1.54, 1.807) is 11.1 Å². The van der Waals surface area contributed by atoms with Gasteiger partial charge in [-0.25, -0.2) is 0 Å². The molecule has 0 bridgehead atoms. The number of hydrogen-bond donors (Lipinski definition) is 0. The predicted octanol–water partition coefficient (Wildman–Crippen LogP) is 18.0. The van der Waals surface area contributed by atoms with E-state index >= 15 is 0 Å². The fourth-order valence-electron chi connectivity index (χ4n) is 9.37. The number of fused-ring (bicyclic) bond motifs is 2. The molecule has 60 heavy (non-hydrogen) atoms. The van der Waals surface area contributed by atoms with Crippen LogP contribution in [0, 0.1) is 25.7 Å². The molecule has 3 aliphatic rings. The first-order valence-corrected chi connectivity index (χ1v) is 22.9. The molecule has 0 nitrogen and oxygen atoms in total. The van der Waals surface area contributed by atoms with Crippen LogP contribution in [0.1, 0.15) is 127 Å². The molecule has 0 heterocycles. The highest BCUT2D eigenvalue weighted by molar-refractivity contribution is 6.07. The molecule has 0 aliphatic heterocycles. The third kappa shape index (κ3) is 11.3. The van der Waals surface area contributed by atoms with Gasteiger partial charge in [0.25, 0.3) is 0 Å². The van der Waals surface area contributed by atoms with Crippen molar-refractivity contribution in [3.05, 3.63) is 202 Å². The van der Waals surface area contributed by atoms with Crippen LogP contribution in [0.15, 0.2) is 180 Å². The minimum absolute atomic E-state index is 0.559. The number of allylic oxidation sites excluding steroid dienone is 8. The minimum Gasteiger partial charge on any atom is -0.0839 e. The van der Waals surface area contributed by atoms with E-state index in [0.717, 1.165) is 11.8 Å². The SMILES string of the molecule is CC(c1ccccc1)C(C)c1ccccc1.CC1=C(C2=C(C)C=CCC2)CCC=C1.CC1CCCCC1C.Cc1ccc2ccccc2c1-c1c(C)ccc2ccccc12. The Morgan fingerprint density at radius 3 is 1.17 bits per heavy atom. The lowest BCUT2D eigenvalue weighted by atomic mass is 9.82. The van der Waals surface area contributed by atoms with E-state index in [0.29, 0.717) is 11.8 Å². The highest BCUT2D eigenvalue weighted by atomic mass is 14.2. The highest BCUT2D eigenvalue weighted by Gasteiger charge is 2.17. The number of hydrogen-bond acceptors (Lipinski definition) is 0. The number of rotatable bonds is 5. The summed E-state index contributed by atoms with van der Waals surface area (Å²) in [5, 5.41) is 5.27. The van der Waals surface area contributed by atoms with E-state index in [4.69, 9.17) is 0 Å². The normalized spacial score (nSPS) is 18.4. The van der Waals surface area contributed by atoms with Crippen LogP contribution in [-0.2, 0) is 0 Å². The zero-order chi connectivity index (χ0) is 42.4. The Kier molecular flexibility index (Phi) is 16.2. The van der Waals surface area contributed by atoms with Crippen LogP contribution in [0.4, 0.5) is 0 Å². The Balaban J connectivity index is 0.000000142. The molecular weight excluding hydrogens is 721 g/mol. The summed E-state index contributed by atoms with van der Waals surface area (Å²) < 4.78 is 0. The second-order valence-corrected chi connectivity index (χ2v) is 17.8. The van der Waals surface area contributed by atoms with Crippen molar-refractivity contribution in [1.82, 2.24) is 0 Å². The minimum atomic E-state index is 0.559. The molecule has 1 saturated carbocycles. The van der Waals surface area contributed by atoms with Gasteiger partial charge >= 0.3 is 0 Å². The summed E-state index contributed by atoms with van der Waals surface area (Å²) in [4.78, 5) is 0. The molecule has 0 N–H and O–H groups in total. The summed E-state index contributed by atoms with van der Waals surface area (Å²) in [5.41, 5.74) is 14.4. The smallest absolute Gasteiger partial charge is 0.00672 e. The Bertz CT molecular complexity index is 2240. The topological polar surface area (TPSA) is 0 Å². The van der Waals surface area contributed by atoms with E-state index in [1.807, 2.05) is 0 Å². The molecule has 3 aliphatic carbocycles. The van der Waals surface area contributed by atoms with Gasteiger partial charge in [-0.1, -0.05) is 211 Å². The van der Waals surface area contributed by atoms with Gasteiger partial charge in [0.05, 0.1) is 0 Å². The second-order valence-electron chi connectivity index (χ2n) is 17.8. The van der Waals surface area contributed by atoms with Crippen LogP contribution in [0.2, 0.25) is 0 Å². The van der Waals surface area contributed by atoms with Crippen molar-refractivity contribution in [1.29, 1.82) is 0 Å². The maximum atomic E-state index is 2.38. The van der Waals surface area contributed by atoms with Crippen LogP contribution in [0.3, 0.4) is 0 Å². The van der Waals surface area contributed by atoms with Gasteiger partial charge < -0.3 is 0 Å². The standard InChI is InChI=1S/C22H18.C16H18.C14H18.C8H16/c1-15-11-13-17-7-3-5-9-19(17)21(15)22-16(2)12-14-18-8-4-6-10-20(18)22;1-13(15-9-5-3-6-10-15)14(2)16-11-7-4-8-12-16;1-11-7-3-5-9-13(11)14-10-6-4-8-12(14)2;1-7-5-3-4-6-8(7)2/h3-14H,1-2H3;3-14H,1-2H3;3-4,7-8H,5-6,9-10H2,1-2H3;7-8H,3-6H2,1-2H3. The van der Waals surface area contributed by atoms with Crippen molar-refractivity contribution in [3.8, 4) is 11.1 Å². The van der Waals surface area contributed by atoms with Crippen molar-refractivity contribution in [2.45, 2.75) is 119 Å². The predicted molar refractivity (Wildman–Crippen MR) is 265 cm³/mol. The van der Waals surface area contributed by atoms with Gasteiger partial charge in [0.1, 0.15) is 0 Å². The van der Waals surface area contributed by atoms with Crippen molar-refractivity contribution in [3.63, 3.8) is 0 Å². The van der Waals surface area contributed by atoms with Crippen LogP contribution in [0.25, 0.3) is 32.7 Å². The van der Waals surface area contributed by atoms with Gasteiger partial charge in [-0.15, -0.1) is 0 Å². The molecule has 0 radical (unpaired) electrons. The fourth-order valence-corrected chi connectivity index (χ4v) is 9.37. The molecule has 0 aromatic heterocycles. The van der Waals surface area contributed by atoms with Crippen molar-refractivity contribution >= 4 is 21.5 Å². The van der Waals surface area contributed by atoms with Crippen molar-refractivity contribution < 1.29 is 0 Å². The summed E-state index contributed by atoms with van der Waals surface area (Å²) in [6, 6.07) is 47.7. The molecule has 310 valence electrons. The Hall–Kier alpha value is -5.20. The van der Waals surface area contributed by atoms with Gasteiger partial charge in [-0.2, -0.15) is 0 Å². The molecule has 0 spiro atoms. The van der Waals surface area contributed by atoms with Crippen LogP contribution < -0.4 is 0 Å². The molecule has 6 aromatic rings. The van der Waals surface area contributed by atoms with Gasteiger partial charge in [-0.3, -0.25) is 0 Å². The maximum Gasteiger partial charge on any atom is -0.00672 e. The average molecular weight is 791 g/mol. The summed E-state index contributed by atoms with van der Waals surface area (Å²) in [6.07, 6.45) is 19.9. The maximum absolute atomic E-state index is 2.38. The molecule has 1 fully saturated rings. The monoisotopic (exact) mass is 791 g/mol. The largest absolute Gasteiger partial charge is 0.0839 e. The van der Waals surface area contributed by atoms with E-state index in [-0.39, 0.29) is 0 Å². The Morgan fingerprint density at radius 1 is 0.433 bits per heavy atom. The zero-order valence-corrected chi connectivity index (χ0v) is 38.0. The fraction of sp³-hybridized carbons (Fsp3) is 0.333. The summed E-state index contributed by atoms with van der Waals surface area (Å²) in [7, 11) is 0. The second kappa shape index (κ2) is 21.9. The van der Waals surface area contributed by atoms with Crippen molar-refractivity contribution in [2.24, 2.45) is 11.8 Å². The summed E-state index contributed by atoms with van der Waals surface area (Å²) in [5.74, 6) is 3.12. The van der Waals surface area contributed by atoms with E-state index in [2.05, 4.69) is 213 Å². The molecule has 4 unspecified atom stereocenters. The molecule has 0 heteroatoms. The Morgan fingerprint density at radius 2 is 0.800 bits per heavy atom. The lowest BCUT2D eigenvalue weighted by molar-refractivity contribution is 0.277. The molecule has 9 rings (SSSR count). The van der Waals surface area contributed by atoms with Crippen LogP contribution >= 0.6 is 0 Å². The van der Waals surface area contributed by atoms with Crippen LogP contribution in [-0.4, -0.2) is 0 Å². The van der Waals surface area contributed by atoms with Gasteiger partial charge in [0, 0.05) is 0 Å². The highest BCUT2D eigenvalue weighted by Crippen LogP contribution is 2.39.